The Morgan fingerprint density at radius 3 is 2.56 bits per heavy atom. The van der Waals surface area contributed by atoms with E-state index in [1.54, 1.807) is 12.1 Å². The number of carbonyl (C=O) groups is 1. The number of amides is 1. The maximum Gasteiger partial charge on any atom is 0.259 e. The highest BCUT2D eigenvalue weighted by atomic mass is 16.5. The highest BCUT2D eigenvalue weighted by Gasteiger charge is 2.29. The first-order chi connectivity index (χ1) is 15.8. The molecule has 0 unspecified atom stereocenters. The Morgan fingerprint density at radius 2 is 1.84 bits per heavy atom. The molecule has 1 saturated carbocycles. The first kappa shape index (κ1) is 18.4. The number of rotatable bonds is 5. The molecule has 2 aromatic carbocycles. The molecule has 32 heavy (non-hydrogen) atoms. The SMILES string of the molecule is O=C(Nc1ccc(-c2nn[nH]n2)cc1)c1cc(C2CC2)nc2onc(-c3ccccc3)c12. The predicted octanol–water partition coefficient (Wildman–Crippen LogP) is 4.20. The van der Waals surface area contributed by atoms with Gasteiger partial charge in [0, 0.05) is 28.4 Å². The van der Waals surface area contributed by atoms with Crippen LogP contribution >= 0.6 is 0 Å². The molecule has 1 aliphatic carbocycles. The third-order valence-corrected chi connectivity index (χ3v) is 5.50. The second-order valence-electron chi connectivity index (χ2n) is 7.71. The zero-order valence-electron chi connectivity index (χ0n) is 16.8. The van der Waals surface area contributed by atoms with Crippen LogP contribution in [0.25, 0.3) is 33.7 Å². The van der Waals surface area contributed by atoms with E-state index < -0.39 is 0 Å². The molecule has 1 aliphatic rings. The molecule has 2 N–H and O–H groups in total. The highest BCUT2D eigenvalue weighted by Crippen LogP contribution is 2.41. The van der Waals surface area contributed by atoms with Crippen LogP contribution in [-0.2, 0) is 0 Å². The summed E-state index contributed by atoms with van der Waals surface area (Å²) in [5.74, 6) is 0.613. The van der Waals surface area contributed by atoms with E-state index in [-0.39, 0.29) is 5.91 Å². The number of tetrazole rings is 1. The summed E-state index contributed by atoms with van der Waals surface area (Å²) in [5.41, 5.74) is 4.66. The molecular formula is C23H17N7O2. The Bertz CT molecular complexity index is 1410. The van der Waals surface area contributed by atoms with Crippen molar-refractivity contribution >= 4 is 22.7 Å². The number of benzene rings is 2. The summed E-state index contributed by atoms with van der Waals surface area (Å²) >= 11 is 0. The topological polar surface area (TPSA) is 122 Å². The molecule has 156 valence electrons. The van der Waals surface area contributed by atoms with Crippen molar-refractivity contribution in [3.63, 3.8) is 0 Å². The molecule has 9 nitrogen and oxygen atoms in total. The van der Waals surface area contributed by atoms with Gasteiger partial charge in [-0.3, -0.25) is 4.79 Å². The quantitative estimate of drug-likeness (QED) is 0.434. The molecule has 6 rings (SSSR count). The molecule has 0 aliphatic heterocycles. The minimum atomic E-state index is -0.244. The molecular weight excluding hydrogens is 406 g/mol. The van der Waals surface area contributed by atoms with E-state index in [4.69, 9.17) is 4.52 Å². The van der Waals surface area contributed by atoms with Gasteiger partial charge in [-0.15, -0.1) is 10.2 Å². The van der Waals surface area contributed by atoms with Crippen LogP contribution in [-0.4, -0.2) is 36.7 Å². The number of fused-ring (bicyclic) bond motifs is 1. The van der Waals surface area contributed by atoms with Crippen molar-refractivity contribution in [2.45, 2.75) is 18.8 Å². The third-order valence-electron chi connectivity index (χ3n) is 5.50. The number of aromatic amines is 1. The van der Waals surface area contributed by atoms with E-state index in [1.165, 1.54) is 0 Å². The maximum atomic E-state index is 13.4. The molecule has 5 aromatic rings. The van der Waals surface area contributed by atoms with Crippen molar-refractivity contribution in [3.8, 4) is 22.6 Å². The number of pyridine rings is 1. The Labute approximate surface area is 181 Å². The van der Waals surface area contributed by atoms with Crippen molar-refractivity contribution in [3.05, 3.63) is 71.9 Å². The second-order valence-corrected chi connectivity index (χ2v) is 7.71. The van der Waals surface area contributed by atoms with Gasteiger partial charge in [0.25, 0.3) is 11.6 Å². The van der Waals surface area contributed by atoms with Crippen LogP contribution in [0.5, 0.6) is 0 Å². The fraction of sp³-hybridized carbons (Fsp3) is 0.130. The molecule has 3 aromatic heterocycles. The van der Waals surface area contributed by atoms with E-state index in [0.717, 1.165) is 29.7 Å². The van der Waals surface area contributed by atoms with Gasteiger partial charge in [0.05, 0.1) is 10.9 Å². The lowest BCUT2D eigenvalue weighted by atomic mass is 10.0. The normalized spacial score (nSPS) is 13.4. The summed E-state index contributed by atoms with van der Waals surface area (Å²) in [7, 11) is 0. The monoisotopic (exact) mass is 423 g/mol. The maximum absolute atomic E-state index is 13.4. The summed E-state index contributed by atoms with van der Waals surface area (Å²) in [6.45, 7) is 0. The van der Waals surface area contributed by atoms with Crippen LogP contribution in [0, 0.1) is 0 Å². The van der Waals surface area contributed by atoms with Crippen molar-refractivity contribution in [2.24, 2.45) is 0 Å². The average molecular weight is 423 g/mol. The van der Waals surface area contributed by atoms with E-state index >= 15 is 0 Å². The summed E-state index contributed by atoms with van der Waals surface area (Å²) in [6.07, 6.45) is 2.13. The lowest BCUT2D eigenvalue weighted by Crippen LogP contribution is -2.13. The minimum absolute atomic E-state index is 0.244. The van der Waals surface area contributed by atoms with Crippen molar-refractivity contribution in [1.29, 1.82) is 0 Å². The van der Waals surface area contributed by atoms with Gasteiger partial charge in [0.15, 0.2) is 0 Å². The number of anilines is 1. The Balaban J connectivity index is 1.39. The number of nitrogens with one attached hydrogen (secondary N) is 2. The molecule has 0 bridgehead atoms. The van der Waals surface area contributed by atoms with Gasteiger partial charge in [-0.25, -0.2) is 4.98 Å². The average Bonchev–Trinajstić information content (AvgIpc) is 3.37. The lowest BCUT2D eigenvalue weighted by molar-refractivity contribution is 0.102. The Morgan fingerprint density at radius 1 is 1.03 bits per heavy atom. The van der Waals surface area contributed by atoms with E-state index in [2.05, 4.69) is 36.1 Å². The Kier molecular flexibility index (Phi) is 4.24. The predicted molar refractivity (Wildman–Crippen MR) is 117 cm³/mol. The fourth-order valence-corrected chi connectivity index (χ4v) is 3.72. The van der Waals surface area contributed by atoms with Gasteiger partial charge in [-0.1, -0.05) is 35.5 Å². The van der Waals surface area contributed by atoms with Crippen molar-refractivity contribution in [2.75, 3.05) is 5.32 Å². The van der Waals surface area contributed by atoms with Gasteiger partial charge in [0.1, 0.15) is 5.69 Å². The highest BCUT2D eigenvalue weighted by molar-refractivity contribution is 6.14. The molecule has 0 radical (unpaired) electrons. The van der Waals surface area contributed by atoms with Crippen molar-refractivity contribution < 1.29 is 9.32 Å². The van der Waals surface area contributed by atoms with Crippen LogP contribution in [0.15, 0.2) is 65.2 Å². The molecule has 3 heterocycles. The number of H-pyrrole nitrogens is 1. The third kappa shape index (κ3) is 3.29. The van der Waals surface area contributed by atoms with Crippen LogP contribution in [0.1, 0.15) is 34.8 Å². The van der Waals surface area contributed by atoms with Crippen LogP contribution in [0.3, 0.4) is 0 Å². The summed E-state index contributed by atoms with van der Waals surface area (Å²) in [6, 6.07) is 18.8. The molecule has 0 saturated heterocycles. The van der Waals surface area contributed by atoms with E-state index in [0.29, 0.717) is 39.8 Å². The number of nitrogens with zero attached hydrogens (tertiary/aromatic N) is 5. The minimum Gasteiger partial charge on any atom is -0.335 e. The first-order valence-corrected chi connectivity index (χ1v) is 10.3. The number of aromatic nitrogens is 6. The number of hydrogen-bond acceptors (Lipinski definition) is 7. The van der Waals surface area contributed by atoms with Crippen LogP contribution in [0.4, 0.5) is 5.69 Å². The van der Waals surface area contributed by atoms with E-state index in [9.17, 15) is 4.79 Å². The second kappa shape index (κ2) is 7.38. The molecule has 9 heteroatoms. The van der Waals surface area contributed by atoms with Gasteiger partial charge >= 0.3 is 0 Å². The first-order valence-electron chi connectivity index (χ1n) is 10.3. The fourth-order valence-electron chi connectivity index (χ4n) is 3.72. The molecule has 1 fully saturated rings. The largest absolute Gasteiger partial charge is 0.335 e. The summed E-state index contributed by atoms with van der Waals surface area (Å²) < 4.78 is 5.56. The van der Waals surface area contributed by atoms with E-state index in [1.807, 2.05) is 48.5 Å². The zero-order chi connectivity index (χ0) is 21.5. The lowest BCUT2D eigenvalue weighted by Gasteiger charge is -2.09. The summed E-state index contributed by atoms with van der Waals surface area (Å²) in [5, 5.41) is 21.8. The summed E-state index contributed by atoms with van der Waals surface area (Å²) in [4.78, 5) is 18.0. The molecule has 0 atom stereocenters. The van der Waals surface area contributed by atoms with Crippen LogP contribution in [0.2, 0.25) is 0 Å². The van der Waals surface area contributed by atoms with Crippen molar-refractivity contribution in [1.82, 2.24) is 30.8 Å². The molecule has 1 amide bonds. The number of carbonyl (C=O) groups excluding carboxylic acids is 1. The van der Waals surface area contributed by atoms with Crippen LogP contribution < -0.4 is 5.32 Å². The molecule has 0 spiro atoms. The van der Waals surface area contributed by atoms with Gasteiger partial charge < -0.3 is 9.84 Å². The number of hydrogen-bond donors (Lipinski definition) is 2. The Hall–Kier alpha value is -4.40. The smallest absolute Gasteiger partial charge is 0.259 e. The zero-order valence-corrected chi connectivity index (χ0v) is 16.8. The standard InChI is InChI=1S/C23H17N7O2/c31-22(24-16-10-8-15(9-11-16)21-26-29-30-27-21)17-12-18(13-6-7-13)25-23-19(17)20(28-32-23)14-4-2-1-3-5-14/h1-5,8-13H,6-7H2,(H,24,31)(H,26,27,29,30). The van der Waals surface area contributed by atoms with Gasteiger partial charge in [-0.05, 0) is 48.4 Å². The van der Waals surface area contributed by atoms with Gasteiger partial charge in [0.2, 0.25) is 5.82 Å². The van der Waals surface area contributed by atoms with Gasteiger partial charge in [-0.2, -0.15) is 5.21 Å².